The number of ether oxygens (including phenoxy) is 1. The van der Waals surface area contributed by atoms with E-state index in [-0.39, 0.29) is 6.01 Å². The maximum Gasteiger partial charge on any atom is 0.318 e. The first-order valence-corrected chi connectivity index (χ1v) is 3.24. The zero-order chi connectivity index (χ0) is 8.39. The molecule has 2 aromatic rings. The van der Waals surface area contributed by atoms with Crippen LogP contribution in [0.4, 0.5) is 0 Å². The molecule has 0 atom stereocenters. The molecule has 0 amide bonds. The van der Waals surface area contributed by atoms with Crippen LogP contribution >= 0.6 is 0 Å². The molecule has 0 spiro atoms. The van der Waals surface area contributed by atoms with Crippen molar-refractivity contribution in [1.29, 1.82) is 0 Å². The molecule has 2 rings (SSSR count). The summed E-state index contributed by atoms with van der Waals surface area (Å²) in [5.41, 5.74) is 1.04. The van der Waals surface area contributed by atoms with Gasteiger partial charge in [-0.1, -0.05) is 0 Å². The Labute approximate surface area is 67.7 Å². The molecule has 0 N–H and O–H groups in total. The molecule has 0 aromatic carbocycles. The van der Waals surface area contributed by atoms with Crippen molar-refractivity contribution >= 4 is 11.2 Å². The molecule has 6 heteroatoms. The molecule has 0 bridgehead atoms. The minimum Gasteiger partial charge on any atom is -0.467 e. The van der Waals surface area contributed by atoms with Crippen LogP contribution in [0.5, 0.6) is 6.01 Å². The Morgan fingerprint density at radius 2 is 2.25 bits per heavy atom. The van der Waals surface area contributed by atoms with Crippen LogP contribution in [0, 0.1) is 0 Å². The van der Waals surface area contributed by atoms with Gasteiger partial charge in [-0.05, 0) is 0 Å². The Balaban J connectivity index is 2.67. The summed E-state index contributed by atoms with van der Waals surface area (Å²) in [5, 5.41) is 7.33. The molecule has 6 nitrogen and oxygen atoms in total. The lowest BCUT2D eigenvalue weighted by atomic mass is 10.5. The lowest BCUT2D eigenvalue weighted by molar-refractivity contribution is 0.381. The molecule has 2 heterocycles. The van der Waals surface area contributed by atoms with Gasteiger partial charge in [-0.3, -0.25) is 0 Å². The van der Waals surface area contributed by atoms with Crippen molar-refractivity contribution in [3.05, 3.63) is 12.5 Å². The summed E-state index contributed by atoms with van der Waals surface area (Å²) < 4.78 is 4.80. The summed E-state index contributed by atoms with van der Waals surface area (Å²) in [6.07, 6.45) is 2.88. The predicted octanol–water partition coefficient (Wildman–Crippen LogP) is -0.177. The van der Waals surface area contributed by atoms with E-state index in [1.807, 2.05) is 0 Å². The first-order valence-electron chi connectivity index (χ1n) is 3.24. The number of rotatable bonds is 1. The molecule has 0 aliphatic carbocycles. The maximum atomic E-state index is 4.80. The maximum absolute atomic E-state index is 4.80. The van der Waals surface area contributed by atoms with Crippen molar-refractivity contribution in [1.82, 2.24) is 25.1 Å². The monoisotopic (exact) mass is 163 g/mol. The SMILES string of the molecule is COc1ncc2ncnnc2n1. The van der Waals surface area contributed by atoms with Crippen LogP contribution in [0.2, 0.25) is 0 Å². The van der Waals surface area contributed by atoms with E-state index >= 15 is 0 Å². The standard InChI is InChI=1S/C6H5N5O/c1-12-6-7-2-4-5(10-6)11-9-3-8-4/h2-3H,1H3. The third-order valence-electron chi connectivity index (χ3n) is 1.31. The molecular formula is C6H5N5O. The molecular weight excluding hydrogens is 158 g/mol. The van der Waals surface area contributed by atoms with E-state index in [9.17, 15) is 0 Å². The van der Waals surface area contributed by atoms with Gasteiger partial charge in [-0.25, -0.2) is 9.97 Å². The van der Waals surface area contributed by atoms with Gasteiger partial charge in [-0.2, -0.15) is 4.98 Å². The molecule has 0 radical (unpaired) electrons. The van der Waals surface area contributed by atoms with Gasteiger partial charge in [0.15, 0.2) is 0 Å². The highest BCUT2D eigenvalue weighted by molar-refractivity contribution is 5.66. The van der Waals surface area contributed by atoms with Crippen LogP contribution < -0.4 is 4.74 Å². The average molecular weight is 163 g/mol. The topological polar surface area (TPSA) is 73.7 Å². The molecule has 0 aliphatic heterocycles. The zero-order valence-electron chi connectivity index (χ0n) is 6.30. The Kier molecular flexibility index (Phi) is 1.51. The van der Waals surface area contributed by atoms with Gasteiger partial charge < -0.3 is 4.74 Å². The Hall–Kier alpha value is -1.85. The zero-order valence-corrected chi connectivity index (χ0v) is 6.30. The van der Waals surface area contributed by atoms with Crippen LogP contribution in [-0.2, 0) is 0 Å². The third-order valence-corrected chi connectivity index (χ3v) is 1.31. The molecule has 0 fully saturated rings. The van der Waals surface area contributed by atoms with Gasteiger partial charge in [0.25, 0.3) is 0 Å². The number of fused-ring (bicyclic) bond motifs is 1. The summed E-state index contributed by atoms with van der Waals surface area (Å²) >= 11 is 0. The third kappa shape index (κ3) is 1.03. The van der Waals surface area contributed by atoms with E-state index < -0.39 is 0 Å². The lowest BCUT2D eigenvalue weighted by Gasteiger charge is -1.96. The van der Waals surface area contributed by atoms with Gasteiger partial charge >= 0.3 is 6.01 Å². The Bertz CT molecular complexity index is 404. The van der Waals surface area contributed by atoms with Crippen molar-refractivity contribution in [3.8, 4) is 6.01 Å². The second-order valence-electron chi connectivity index (χ2n) is 2.03. The van der Waals surface area contributed by atoms with Crippen molar-refractivity contribution in [2.75, 3.05) is 7.11 Å². The second-order valence-corrected chi connectivity index (χ2v) is 2.03. The van der Waals surface area contributed by atoms with E-state index in [4.69, 9.17) is 4.74 Å². The van der Waals surface area contributed by atoms with Crippen LogP contribution in [0.3, 0.4) is 0 Å². The molecule has 0 unspecified atom stereocenters. The number of methoxy groups -OCH3 is 1. The number of hydrogen-bond acceptors (Lipinski definition) is 6. The van der Waals surface area contributed by atoms with Crippen molar-refractivity contribution in [2.24, 2.45) is 0 Å². The molecule has 0 aliphatic rings. The molecule has 2 aromatic heterocycles. The lowest BCUT2D eigenvalue weighted by Crippen LogP contribution is -1.95. The molecule has 60 valence electrons. The Morgan fingerprint density at radius 3 is 3.08 bits per heavy atom. The van der Waals surface area contributed by atoms with Crippen LogP contribution in [0.15, 0.2) is 12.5 Å². The summed E-state index contributed by atoms with van der Waals surface area (Å²) in [7, 11) is 1.49. The molecule has 0 saturated carbocycles. The Morgan fingerprint density at radius 1 is 1.33 bits per heavy atom. The summed E-state index contributed by atoms with van der Waals surface area (Å²) in [6, 6.07) is 0.268. The van der Waals surface area contributed by atoms with Gasteiger partial charge in [0.1, 0.15) is 11.8 Å². The van der Waals surface area contributed by atoms with Crippen LogP contribution in [0.1, 0.15) is 0 Å². The summed E-state index contributed by atoms with van der Waals surface area (Å²) in [6.45, 7) is 0. The number of nitrogens with zero attached hydrogens (tertiary/aromatic N) is 5. The quantitative estimate of drug-likeness (QED) is 0.580. The highest BCUT2D eigenvalue weighted by Gasteiger charge is 1.99. The van der Waals surface area contributed by atoms with E-state index in [1.54, 1.807) is 0 Å². The van der Waals surface area contributed by atoms with E-state index in [0.29, 0.717) is 11.2 Å². The van der Waals surface area contributed by atoms with Crippen LogP contribution in [-0.4, -0.2) is 32.3 Å². The summed E-state index contributed by atoms with van der Waals surface area (Å²) in [4.78, 5) is 11.7. The van der Waals surface area contributed by atoms with Gasteiger partial charge in [-0.15, -0.1) is 10.2 Å². The fourth-order valence-electron chi connectivity index (χ4n) is 0.782. The largest absolute Gasteiger partial charge is 0.467 e. The fourth-order valence-corrected chi connectivity index (χ4v) is 0.782. The minimum atomic E-state index is 0.268. The second kappa shape index (κ2) is 2.65. The first kappa shape index (κ1) is 6.84. The molecule has 12 heavy (non-hydrogen) atoms. The minimum absolute atomic E-state index is 0.268. The van der Waals surface area contributed by atoms with E-state index in [2.05, 4.69) is 25.1 Å². The van der Waals surface area contributed by atoms with Crippen LogP contribution in [0.25, 0.3) is 11.2 Å². The smallest absolute Gasteiger partial charge is 0.318 e. The first-order chi connectivity index (χ1) is 5.90. The van der Waals surface area contributed by atoms with Crippen molar-refractivity contribution in [3.63, 3.8) is 0 Å². The van der Waals surface area contributed by atoms with Gasteiger partial charge in [0.05, 0.1) is 13.3 Å². The van der Waals surface area contributed by atoms with Gasteiger partial charge in [0, 0.05) is 0 Å². The van der Waals surface area contributed by atoms with Crippen molar-refractivity contribution < 1.29 is 4.74 Å². The summed E-state index contributed by atoms with van der Waals surface area (Å²) in [5.74, 6) is 0. The molecule has 0 saturated heterocycles. The fraction of sp³-hybridized carbons (Fsp3) is 0.167. The highest BCUT2D eigenvalue weighted by atomic mass is 16.5. The van der Waals surface area contributed by atoms with E-state index in [0.717, 1.165) is 0 Å². The predicted molar refractivity (Wildman–Crippen MR) is 39.5 cm³/mol. The average Bonchev–Trinajstić information content (AvgIpc) is 2.17. The van der Waals surface area contributed by atoms with Crippen molar-refractivity contribution in [2.45, 2.75) is 0 Å². The normalized spacial score (nSPS) is 10.1. The highest BCUT2D eigenvalue weighted by Crippen LogP contribution is 2.05. The number of hydrogen-bond donors (Lipinski definition) is 0. The number of aromatic nitrogens is 5. The van der Waals surface area contributed by atoms with Gasteiger partial charge in [0.2, 0.25) is 5.65 Å². The van der Waals surface area contributed by atoms with E-state index in [1.165, 1.54) is 19.6 Å².